The van der Waals surface area contributed by atoms with Crippen molar-refractivity contribution in [2.45, 2.75) is 6.42 Å². The van der Waals surface area contributed by atoms with Gasteiger partial charge in [-0.3, -0.25) is 15.0 Å². The van der Waals surface area contributed by atoms with Crippen molar-refractivity contribution >= 4 is 17.6 Å². The number of anilines is 1. The van der Waals surface area contributed by atoms with E-state index in [1.54, 1.807) is 0 Å². The number of carbonyl (C=O) groups excluding carboxylic acids is 2. The van der Waals surface area contributed by atoms with E-state index in [0.717, 1.165) is 4.90 Å². The van der Waals surface area contributed by atoms with E-state index in [1.165, 1.54) is 0 Å². The molecule has 1 saturated heterocycles. The van der Waals surface area contributed by atoms with Gasteiger partial charge in [-0.05, 0) is 0 Å². The summed E-state index contributed by atoms with van der Waals surface area (Å²) in [5.41, 5.74) is -0.395. The van der Waals surface area contributed by atoms with Crippen LogP contribution in [0.25, 0.3) is 0 Å². The number of halogens is 3. The van der Waals surface area contributed by atoms with Gasteiger partial charge in [-0.2, -0.15) is 0 Å². The zero-order valence-electron chi connectivity index (χ0n) is 8.47. The number of nitrogens with one attached hydrogen (secondary N) is 1. The average Bonchev–Trinajstić information content (AvgIpc) is 2.24. The summed E-state index contributed by atoms with van der Waals surface area (Å²) >= 11 is 0. The summed E-state index contributed by atoms with van der Waals surface area (Å²) in [6, 6.07) is 0.0835. The zero-order valence-corrected chi connectivity index (χ0v) is 8.47. The summed E-state index contributed by atoms with van der Waals surface area (Å²) in [6.45, 7) is -0.0767. The first kappa shape index (κ1) is 11.4. The van der Waals surface area contributed by atoms with Gasteiger partial charge in [0.15, 0.2) is 11.6 Å². The molecule has 0 aromatic heterocycles. The second-order valence-electron chi connectivity index (χ2n) is 3.47. The van der Waals surface area contributed by atoms with E-state index in [1.807, 2.05) is 5.32 Å². The van der Waals surface area contributed by atoms with Crippen LogP contribution in [0.15, 0.2) is 12.1 Å². The van der Waals surface area contributed by atoms with Gasteiger partial charge in [0.05, 0.1) is 5.69 Å². The molecule has 1 heterocycles. The van der Waals surface area contributed by atoms with Gasteiger partial charge in [0, 0.05) is 25.1 Å². The Labute approximate surface area is 94.0 Å². The molecule has 90 valence electrons. The van der Waals surface area contributed by atoms with Crippen molar-refractivity contribution < 1.29 is 22.8 Å². The van der Waals surface area contributed by atoms with Crippen LogP contribution < -0.4 is 10.2 Å². The number of rotatable bonds is 1. The number of hydrogen-bond donors (Lipinski definition) is 1. The molecule has 1 aliphatic heterocycles. The maximum Gasteiger partial charge on any atom is 0.328 e. The van der Waals surface area contributed by atoms with E-state index in [0.29, 0.717) is 12.1 Å². The fraction of sp³-hybridized carbons (Fsp3) is 0.200. The summed E-state index contributed by atoms with van der Waals surface area (Å²) < 4.78 is 39.0. The van der Waals surface area contributed by atoms with Crippen molar-refractivity contribution in [2.75, 3.05) is 11.4 Å². The highest BCUT2D eigenvalue weighted by Crippen LogP contribution is 2.24. The third-order valence-electron chi connectivity index (χ3n) is 2.33. The third-order valence-corrected chi connectivity index (χ3v) is 2.33. The Morgan fingerprint density at radius 2 is 1.71 bits per heavy atom. The molecule has 3 amide bonds. The standard InChI is InChI=1S/C10H7F3N2O2/c11-5-3-7(13)8(4-6(5)12)15-2-1-9(16)14-10(15)17/h3-4H,1-2H2,(H,14,16,17). The van der Waals surface area contributed by atoms with Gasteiger partial charge in [-0.15, -0.1) is 0 Å². The van der Waals surface area contributed by atoms with E-state index < -0.39 is 35.1 Å². The summed E-state index contributed by atoms with van der Waals surface area (Å²) in [6.07, 6.45) is -0.0236. The quantitative estimate of drug-likeness (QED) is 0.762. The fourth-order valence-corrected chi connectivity index (χ4v) is 1.51. The molecule has 1 aromatic rings. The molecule has 0 bridgehead atoms. The van der Waals surface area contributed by atoms with Crippen LogP contribution in [0, 0.1) is 17.5 Å². The molecular weight excluding hydrogens is 237 g/mol. The van der Waals surface area contributed by atoms with Gasteiger partial charge in [-0.25, -0.2) is 18.0 Å². The molecule has 1 N–H and O–H groups in total. The maximum atomic E-state index is 13.4. The van der Waals surface area contributed by atoms with Gasteiger partial charge in [0.1, 0.15) is 5.82 Å². The van der Waals surface area contributed by atoms with Crippen LogP contribution in [0.3, 0.4) is 0 Å². The number of urea groups is 1. The fourth-order valence-electron chi connectivity index (χ4n) is 1.51. The first-order valence-corrected chi connectivity index (χ1v) is 4.75. The molecule has 7 heteroatoms. The second-order valence-corrected chi connectivity index (χ2v) is 3.47. The maximum absolute atomic E-state index is 13.4. The molecule has 0 spiro atoms. The van der Waals surface area contributed by atoms with Gasteiger partial charge in [-0.1, -0.05) is 0 Å². The van der Waals surface area contributed by atoms with Crippen molar-refractivity contribution in [3.63, 3.8) is 0 Å². The molecule has 0 saturated carbocycles. The zero-order chi connectivity index (χ0) is 12.6. The topological polar surface area (TPSA) is 49.4 Å². The van der Waals surface area contributed by atoms with Crippen molar-refractivity contribution in [2.24, 2.45) is 0 Å². The SMILES string of the molecule is O=C1CCN(c2cc(F)c(F)cc2F)C(=O)N1. The number of benzene rings is 1. The Morgan fingerprint density at radius 1 is 1.06 bits per heavy atom. The highest BCUT2D eigenvalue weighted by molar-refractivity contribution is 6.05. The lowest BCUT2D eigenvalue weighted by atomic mass is 10.2. The Kier molecular flexibility index (Phi) is 2.74. The van der Waals surface area contributed by atoms with Crippen LogP contribution in [-0.4, -0.2) is 18.5 Å². The minimum absolute atomic E-state index is 0.0236. The van der Waals surface area contributed by atoms with Crippen molar-refractivity contribution in [1.29, 1.82) is 0 Å². The van der Waals surface area contributed by atoms with Crippen LogP contribution in [-0.2, 0) is 4.79 Å². The van der Waals surface area contributed by atoms with Crippen molar-refractivity contribution in [3.05, 3.63) is 29.6 Å². The third kappa shape index (κ3) is 2.08. The van der Waals surface area contributed by atoms with Gasteiger partial charge in [0.25, 0.3) is 0 Å². The van der Waals surface area contributed by atoms with Crippen LogP contribution in [0.4, 0.5) is 23.7 Å². The molecule has 1 fully saturated rings. The average molecular weight is 244 g/mol. The first-order valence-electron chi connectivity index (χ1n) is 4.75. The minimum Gasteiger partial charge on any atom is -0.291 e. The normalized spacial score (nSPS) is 16.1. The molecule has 0 unspecified atom stereocenters. The summed E-state index contributed by atoms with van der Waals surface area (Å²) in [4.78, 5) is 23.1. The van der Waals surface area contributed by atoms with Gasteiger partial charge in [0.2, 0.25) is 5.91 Å². The smallest absolute Gasteiger partial charge is 0.291 e. The molecule has 2 rings (SSSR count). The number of hydrogen-bond acceptors (Lipinski definition) is 2. The predicted molar refractivity (Wildman–Crippen MR) is 51.8 cm³/mol. The summed E-state index contributed by atoms with van der Waals surface area (Å²) in [5.74, 6) is -4.14. The molecule has 0 radical (unpaired) electrons. The monoisotopic (exact) mass is 244 g/mol. The van der Waals surface area contributed by atoms with E-state index in [2.05, 4.69) is 0 Å². The lowest BCUT2D eigenvalue weighted by molar-refractivity contribution is -0.120. The van der Waals surface area contributed by atoms with E-state index >= 15 is 0 Å². The first-order chi connectivity index (χ1) is 7.99. The summed E-state index contributed by atoms with van der Waals surface area (Å²) in [5, 5.41) is 1.95. The Hall–Kier alpha value is -2.05. The Morgan fingerprint density at radius 3 is 2.35 bits per heavy atom. The number of imide groups is 1. The van der Waals surface area contributed by atoms with Crippen molar-refractivity contribution in [3.8, 4) is 0 Å². The lowest BCUT2D eigenvalue weighted by Gasteiger charge is -2.26. The molecule has 0 aliphatic carbocycles. The summed E-state index contributed by atoms with van der Waals surface area (Å²) in [7, 11) is 0. The van der Waals surface area contributed by atoms with Gasteiger partial charge < -0.3 is 0 Å². The van der Waals surface area contributed by atoms with Crippen LogP contribution >= 0.6 is 0 Å². The van der Waals surface area contributed by atoms with Crippen LogP contribution in [0.1, 0.15) is 6.42 Å². The van der Waals surface area contributed by atoms with E-state index in [4.69, 9.17) is 0 Å². The van der Waals surface area contributed by atoms with E-state index in [-0.39, 0.29) is 13.0 Å². The van der Waals surface area contributed by atoms with Crippen LogP contribution in [0.5, 0.6) is 0 Å². The molecule has 1 aromatic carbocycles. The number of nitrogens with zero attached hydrogens (tertiary/aromatic N) is 1. The molecule has 0 atom stereocenters. The second kappa shape index (κ2) is 4.08. The Balaban J connectivity index is 2.37. The molecular formula is C10H7F3N2O2. The highest BCUT2D eigenvalue weighted by Gasteiger charge is 2.27. The van der Waals surface area contributed by atoms with Crippen molar-refractivity contribution in [1.82, 2.24) is 5.32 Å². The van der Waals surface area contributed by atoms with Crippen LogP contribution in [0.2, 0.25) is 0 Å². The number of amides is 3. The predicted octanol–water partition coefficient (Wildman–Crippen LogP) is 1.55. The Bertz CT molecular complexity index is 505. The minimum atomic E-state index is -1.33. The molecule has 4 nitrogen and oxygen atoms in total. The largest absolute Gasteiger partial charge is 0.328 e. The lowest BCUT2D eigenvalue weighted by Crippen LogP contribution is -2.50. The highest BCUT2D eigenvalue weighted by atomic mass is 19.2. The number of carbonyl (C=O) groups is 2. The molecule has 17 heavy (non-hydrogen) atoms. The van der Waals surface area contributed by atoms with Gasteiger partial charge >= 0.3 is 6.03 Å². The molecule has 1 aliphatic rings. The van der Waals surface area contributed by atoms with E-state index in [9.17, 15) is 22.8 Å².